The van der Waals surface area contributed by atoms with E-state index < -0.39 is 11.9 Å². The third-order valence-corrected chi connectivity index (χ3v) is 0. The van der Waals surface area contributed by atoms with Gasteiger partial charge in [0.05, 0.1) is 0 Å². The molecule has 0 aliphatic heterocycles. The van der Waals surface area contributed by atoms with Crippen LogP contribution in [-0.2, 0) is 44.8 Å². The fraction of sp³-hybridized carbons (Fsp3) is 0.500. The molecule has 0 saturated carbocycles. The molecule has 0 aromatic carbocycles. The van der Waals surface area contributed by atoms with Crippen LogP contribution in [0.25, 0.3) is 0 Å². The average Bonchev–Trinajstić information content (AvgIpc) is 1.02. The van der Waals surface area contributed by atoms with Gasteiger partial charge in [0, 0.05) is 44.8 Å². The maximum absolute atomic E-state index is 5.69. The van der Waals surface area contributed by atoms with Gasteiger partial charge in [0.2, 0.25) is 0 Å². The molecule has 0 spiro atoms. The van der Waals surface area contributed by atoms with E-state index in [1.165, 1.54) is 0 Å². The molecular weight excluding hydrogens is 623 g/mol. The van der Waals surface area contributed by atoms with Gasteiger partial charge in [-0.3, -0.25) is 0 Å². The molecule has 0 bridgehead atoms. The predicted molar refractivity (Wildman–Crippen MR) is 70.7 cm³/mol. The van der Waals surface area contributed by atoms with Crippen molar-refractivity contribution in [2.75, 3.05) is 26.7 Å². The molecule has 0 aliphatic rings. The molecule has 0 atom stereocenters. The molecule has 0 nitrogen and oxygen atoms in total. The Morgan fingerprint density at radius 2 is 0.643 bits per heavy atom. The van der Waals surface area contributed by atoms with Crippen LogP contribution in [0.2, 0.25) is 0 Å². The first-order valence-corrected chi connectivity index (χ1v) is 12.2. The Hall–Kier alpha value is 2.92. The Morgan fingerprint density at radius 1 is 0.643 bits per heavy atom. The number of halogens is 2. The van der Waals surface area contributed by atoms with Crippen molar-refractivity contribution in [3.63, 3.8) is 0 Å². The van der Waals surface area contributed by atoms with E-state index >= 15 is 0 Å². The molecule has 0 aliphatic carbocycles. The summed E-state index contributed by atoms with van der Waals surface area (Å²) in [6.07, 6.45) is 0. The Balaban J connectivity index is -0.0000000625. The zero-order valence-electron chi connectivity index (χ0n) is 9.08. The van der Waals surface area contributed by atoms with Crippen LogP contribution in [0.4, 0.5) is 0 Å². The van der Waals surface area contributed by atoms with Gasteiger partial charge in [-0.25, -0.2) is 0 Å². The predicted octanol–water partition coefficient (Wildman–Crippen LogP) is 5.07. The van der Waals surface area contributed by atoms with Crippen LogP contribution in [-0.4, -0.2) is 26.7 Å². The van der Waals surface area contributed by atoms with E-state index in [0.717, 1.165) is 0 Å². The molecule has 0 rings (SSSR count). The van der Waals surface area contributed by atoms with Crippen LogP contribution in [0.1, 0.15) is 0 Å². The average molecular weight is 643 g/mol. The molecule has 0 saturated heterocycles. The maximum atomic E-state index is 5.69. The van der Waals surface area contributed by atoms with Gasteiger partial charge in [-0.1, -0.05) is 0 Å². The summed E-state index contributed by atoms with van der Waals surface area (Å²) in [7, 11) is 0. The fourth-order valence-corrected chi connectivity index (χ4v) is 0. The Kier molecular flexibility index (Phi) is 12.4. The van der Waals surface area contributed by atoms with Gasteiger partial charge in [0.15, 0.2) is 0 Å². The molecule has 0 unspecified atom stereocenters. The Bertz CT molecular complexity index is 110. The van der Waals surface area contributed by atoms with E-state index in [1.807, 2.05) is 26.7 Å². The fourth-order valence-electron chi connectivity index (χ4n) is 0. The van der Waals surface area contributed by atoms with E-state index in [9.17, 15) is 0 Å². The molecule has 0 N–H and O–H groups in total. The van der Waals surface area contributed by atoms with E-state index in [1.54, 1.807) is 0 Å². The van der Waals surface area contributed by atoms with Crippen LogP contribution in [0.3, 0.4) is 0 Å². The van der Waals surface area contributed by atoms with Crippen LogP contribution in [0, 0.1) is 26.7 Å². The van der Waals surface area contributed by atoms with E-state index in [0.29, 0.717) is 0 Å². The second-order valence-electron chi connectivity index (χ2n) is 5.03. The SMILES string of the molecule is [Au].[Au].[CH2-]P([CH2-])(C)(C)Cl.[CH2-]P([CH2-])(C)(C)Cl. The summed E-state index contributed by atoms with van der Waals surface area (Å²) in [5.41, 5.74) is 0. The molecule has 6 heteroatoms. The molecule has 0 amide bonds. The molecule has 0 aromatic rings. The van der Waals surface area contributed by atoms with Crippen molar-refractivity contribution < 1.29 is 44.8 Å². The molecular formula is C8H20Au2Cl2P2-4. The summed E-state index contributed by atoms with van der Waals surface area (Å²) in [6, 6.07) is 0. The van der Waals surface area contributed by atoms with Crippen LogP contribution >= 0.6 is 34.4 Å². The van der Waals surface area contributed by atoms with Crippen molar-refractivity contribution in [2.45, 2.75) is 0 Å². The van der Waals surface area contributed by atoms with Gasteiger partial charge >= 0.3 is 87.7 Å². The zero-order chi connectivity index (χ0) is 10.9. The topological polar surface area (TPSA) is 0 Å². The summed E-state index contributed by atoms with van der Waals surface area (Å²) in [6.45, 7) is 22.3. The monoisotopic (exact) mass is 642 g/mol. The van der Waals surface area contributed by atoms with E-state index in [2.05, 4.69) is 26.7 Å². The van der Waals surface area contributed by atoms with Gasteiger partial charge in [-0.2, -0.15) is 0 Å². The minimum absolute atomic E-state index is 0. The van der Waals surface area contributed by atoms with Crippen molar-refractivity contribution in [2.24, 2.45) is 0 Å². The van der Waals surface area contributed by atoms with Crippen molar-refractivity contribution in [1.82, 2.24) is 0 Å². The van der Waals surface area contributed by atoms with E-state index in [4.69, 9.17) is 22.5 Å². The first kappa shape index (κ1) is 25.7. The molecule has 0 heterocycles. The van der Waals surface area contributed by atoms with E-state index in [-0.39, 0.29) is 44.8 Å². The second-order valence-corrected chi connectivity index (χ2v) is 22.0. The molecule has 0 fully saturated rings. The van der Waals surface area contributed by atoms with Crippen molar-refractivity contribution in [3.8, 4) is 0 Å². The number of hydrogen-bond acceptors (Lipinski definition) is 0. The Morgan fingerprint density at radius 3 is 0.643 bits per heavy atom. The van der Waals surface area contributed by atoms with Crippen LogP contribution < -0.4 is 0 Å². The number of rotatable bonds is 0. The third kappa shape index (κ3) is 339. The third-order valence-electron chi connectivity index (χ3n) is 0. The van der Waals surface area contributed by atoms with Crippen LogP contribution in [0.15, 0.2) is 0 Å². The molecule has 2 radical (unpaired) electrons. The van der Waals surface area contributed by atoms with Gasteiger partial charge in [0.1, 0.15) is 0 Å². The summed E-state index contributed by atoms with van der Waals surface area (Å²) in [4.78, 5) is 0. The first-order chi connectivity index (χ1) is 4.47. The first-order valence-electron chi connectivity index (χ1n) is 3.39. The summed E-state index contributed by atoms with van der Waals surface area (Å²) in [5, 5.41) is 0. The normalized spacial score (nSPS) is 16.4. The summed E-state index contributed by atoms with van der Waals surface area (Å²) >= 11 is 11.4. The van der Waals surface area contributed by atoms with Gasteiger partial charge < -0.3 is 0 Å². The standard InChI is InChI=1S/2C4H10ClP.2Au/c2*1-6(2,3,4)5;;/h2*1-2H2,3-4H3;;/q2*-2;;. The van der Waals surface area contributed by atoms with Crippen molar-refractivity contribution >= 4 is 34.4 Å². The van der Waals surface area contributed by atoms with Gasteiger partial charge in [-0.15, -0.1) is 0 Å². The minimum atomic E-state index is -2.08. The quantitative estimate of drug-likeness (QED) is 0.197. The molecule has 0 aromatic heterocycles. The van der Waals surface area contributed by atoms with Gasteiger partial charge in [0.25, 0.3) is 0 Å². The number of hydrogen-bond donors (Lipinski definition) is 0. The zero-order valence-corrected chi connectivity index (χ0v) is 16.7. The summed E-state index contributed by atoms with van der Waals surface area (Å²) in [5.74, 6) is -4.16. The second kappa shape index (κ2) is 6.75. The summed E-state index contributed by atoms with van der Waals surface area (Å²) < 4.78 is 0. The van der Waals surface area contributed by atoms with Crippen molar-refractivity contribution in [3.05, 3.63) is 26.7 Å². The Labute approximate surface area is 131 Å². The van der Waals surface area contributed by atoms with Crippen molar-refractivity contribution in [1.29, 1.82) is 0 Å². The molecule has 102 valence electrons. The molecule has 14 heavy (non-hydrogen) atoms. The van der Waals surface area contributed by atoms with Crippen LogP contribution in [0.5, 0.6) is 0 Å². The van der Waals surface area contributed by atoms with Gasteiger partial charge in [-0.05, 0) is 0 Å².